The second kappa shape index (κ2) is 4.76. The van der Waals surface area contributed by atoms with E-state index in [1.807, 2.05) is 0 Å². The summed E-state index contributed by atoms with van der Waals surface area (Å²) in [7, 11) is 0. The summed E-state index contributed by atoms with van der Waals surface area (Å²) in [4.78, 5) is 7.58. The van der Waals surface area contributed by atoms with Crippen LogP contribution in [0.2, 0.25) is 5.15 Å². The largest absolute Gasteiger partial charge is 0.435 e. The Bertz CT molecular complexity index is 524. The lowest BCUT2D eigenvalue weighted by Crippen LogP contribution is -1.93. The lowest BCUT2D eigenvalue weighted by molar-refractivity contribution is 0.424. The van der Waals surface area contributed by atoms with Crippen LogP contribution < -0.4 is 4.74 Å². The summed E-state index contributed by atoms with van der Waals surface area (Å²) in [6.45, 7) is 0. The Morgan fingerprint density at radius 2 is 2.00 bits per heavy atom. The fourth-order valence-electron chi connectivity index (χ4n) is 1.04. The maximum atomic E-state index is 13.3. The van der Waals surface area contributed by atoms with E-state index < -0.39 is 5.82 Å². The van der Waals surface area contributed by atoms with Crippen molar-refractivity contribution in [2.45, 2.75) is 0 Å². The lowest BCUT2D eigenvalue weighted by atomic mass is 10.3. The standard InChI is InChI=1S/C10H5BrClFN2O/c11-8-9(12)14-5-15-10(8)16-7-4-2-1-3-6(7)13/h1-5H. The first-order valence-corrected chi connectivity index (χ1v) is 5.44. The predicted octanol–water partition coefficient (Wildman–Crippen LogP) is 3.82. The van der Waals surface area contributed by atoms with Crippen LogP contribution in [0.4, 0.5) is 4.39 Å². The smallest absolute Gasteiger partial charge is 0.238 e. The van der Waals surface area contributed by atoms with Gasteiger partial charge in [-0.3, -0.25) is 0 Å². The Hall–Kier alpha value is -1.20. The van der Waals surface area contributed by atoms with Crippen LogP contribution in [-0.4, -0.2) is 9.97 Å². The van der Waals surface area contributed by atoms with Gasteiger partial charge in [0.05, 0.1) is 0 Å². The van der Waals surface area contributed by atoms with Gasteiger partial charge in [0, 0.05) is 0 Å². The van der Waals surface area contributed by atoms with E-state index >= 15 is 0 Å². The van der Waals surface area contributed by atoms with Gasteiger partial charge in [0.15, 0.2) is 16.7 Å². The second-order valence-corrected chi connectivity index (χ2v) is 3.97. The molecule has 0 aliphatic carbocycles. The normalized spacial score (nSPS) is 10.2. The van der Waals surface area contributed by atoms with Crippen molar-refractivity contribution in [3.8, 4) is 11.6 Å². The van der Waals surface area contributed by atoms with Crippen molar-refractivity contribution in [3.63, 3.8) is 0 Å². The number of ether oxygens (including phenoxy) is 1. The van der Waals surface area contributed by atoms with Crippen LogP contribution in [0.1, 0.15) is 0 Å². The highest BCUT2D eigenvalue weighted by molar-refractivity contribution is 9.10. The molecule has 0 amide bonds. The van der Waals surface area contributed by atoms with Crippen LogP contribution >= 0.6 is 27.5 Å². The van der Waals surface area contributed by atoms with Crippen LogP contribution in [0.3, 0.4) is 0 Å². The third kappa shape index (κ3) is 2.31. The van der Waals surface area contributed by atoms with Crippen LogP contribution in [-0.2, 0) is 0 Å². The SMILES string of the molecule is Fc1ccccc1Oc1ncnc(Cl)c1Br. The van der Waals surface area contributed by atoms with Crippen molar-refractivity contribution >= 4 is 27.5 Å². The van der Waals surface area contributed by atoms with Gasteiger partial charge in [-0.25, -0.2) is 14.4 Å². The second-order valence-electron chi connectivity index (χ2n) is 2.82. The molecule has 1 heterocycles. The molecule has 0 saturated carbocycles. The van der Waals surface area contributed by atoms with Crippen molar-refractivity contribution < 1.29 is 9.13 Å². The van der Waals surface area contributed by atoms with Gasteiger partial charge in [0.25, 0.3) is 0 Å². The van der Waals surface area contributed by atoms with Crippen molar-refractivity contribution in [2.75, 3.05) is 0 Å². The maximum Gasteiger partial charge on any atom is 0.238 e. The molecular weight excluding hydrogens is 298 g/mol. The molecule has 0 atom stereocenters. The molecule has 0 saturated heterocycles. The quantitative estimate of drug-likeness (QED) is 0.791. The molecule has 0 aliphatic rings. The molecular formula is C10H5BrClFN2O. The molecule has 6 heteroatoms. The first-order valence-electron chi connectivity index (χ1n) is 4.27. The fraction of sp³-hybridized carbons (Fsp3) is 0. The molecule has 82 valence electrons. The predicted molar refractivity (Wildman–Crippen MR) is 61.2 cm³/mol. The van der Waals surface area contributed by atoms with E-state index in [1.165, 1.54) is 18.5 Å². The van der Waals surface area contributed by atoms with Gasteiger partial charge in [0.2, 0.25) is 5.88 Å². The molecule has 2 aromatic rings. The zero-order valence-electron chi connectivity index (χ0n) is 7.82. The van der Waals surface area contributed by atoms with Gasteiger partial charge < -0.3 is 4.74 Å². The summed E-state index contributed by atoms with van der Waals surface area (Å²) in [6.07, 6.45) is 1.24. The summed E-state index contributed by atoms with van der Waals surface area (Å²) in [6, 6.07) is 6.03. The van der Waals surface area contributed by atoms with E-state index in [0.29, 0.717) is 4.47 Å². The van der Waals surface area contributed by atoms with E-state index in [0.717, 1.165) is 0 Å². The molecule has 0 bridgehead atoms. The molecule has 0 fully saturated rings. The third-order valence-electron chi connectivity index (χ3n) is 1.76. The molecule has 3 nitrogen and oxygen atoms in total. The van der Waals surface area contributed by atoms with E-state index in [2.05, 4.69) is 25.9 Å². The van der Waals surface area contributed by atoms with Crippen molar-refractivity contribution in [2.24, 2.45) is 0 Å². The molecule has 2 rings (SSSR count). The van der Waals surface area contributed by atoms with Gasteiger partial charge in [-0.15, -0.1) is 0 Å². The van der Waals surface area contributed by atoms with Crippen LogP contribution in [0.5, 0.6) is 11.6 Å². The Morgan fingerprint density at radius 3 is 2.75 bits per heavy atom. The molecule has 16 heavy (non-hydrogen) atoms. The van der Waals surface area contributed by atoms with Crippen LogP contribution in [0.25, 0.3) is 0 Å². The summed E-state index contributed by atoms with van der Waals surface area (Å²) in [5.74, 6) is -0.216. The number of halogens is 3. The number of hydrogen-bond donors (Lipinski definition) is 0. The first-order chi connectivity index (χ1) is 7.68. The van der Waals surface area contributed by atoms with Gasteiger partial charge in [-0.1, -0.05) is 23.7 Å². The highest BCUT2D eigenvalue weighted by atomic mass is 79.9. The zero-order chi connectivity index (χ0) is 11.5. The molecule has 0 radical (unpaired) electrons. The minimum absolute atomic E-state index is 0.0815. The number of para-hydroxylation sites is 1. The molecule has 1 aromatic heterocycles. The average molecular weight is 304 g/mol. The average Bonchev–Trinajstić information content (AvgIpc) is 2.28. The van der Waals surface area contributed by atoms with Crippen LogP contribution in [0.15, 0.2) is 35.1 Å². The highest BCUT2D eigenvalue weighted by Crippen LogP contribution is 2.32. The van der Waals surface area contributed by atoms with Crippen molar-refractivity contribution in [1.29, 1.82) is 0 Å². The lowest BCUT2D eigenvalue weighted by Gasteiger charge is -2.07. The topological polar surface area (TPSA) is 35.0 Å². The Morgan fingerprint density at radius 1 is 1.25 bits per heavy atom. The van der Waals surface area contributed by atoms with Gasteiger partial charge >= 0.3 is 0 Å². The Balaban J connectivity index is 2.35. The summed E-state index contributed by atoms with van der Waals surface area (Å²) >= 11 is 8.91. The van der Waals surface area contributed by atoms with Crippen molar-refractivity contribution in [1.82, 2.24) is 9.97 Å². The summed E-state index contributed by atoms with van der Waals surface area (Å²) in [5, 5.41) is 0.210. The Labute approximate surface area is 104 Å². The molecule has 0 aliphatic heterocycles. The minimum atomic E-state index is -0.468. The number of benzene rings is 1. The van der Waals surface area contributed by atoms with E-state index in [9.17, 15) is 4.39 Å². The zero-order valence-corrected chi connectivity index (χ0v) is 10.2. The van der Waals surface area contributed by atoms with E-state index in [4.69, 9.17) is 16.3 Å². The molecule has 0 unspecified atom stereocenters. The first kappa shape index (κ1) is 11.3. The molecule has 0 spiro atoms. The summed E-state index contributed by atoms with van der Waals surface area (Å²) < 4.78 is 18.9. The van der Waals surface area contributed by atoms with Gasteiger partial charge in [-0.05, 0) is 28.1 Å². The fourth-order valence-corrected chi connectivity index (χ4v) is 1.45. The molecule has 1 aromatic carbocycles. The molecule has 0 N–H and O–H groups in total. The highest BCUT2D eigenvalue weighted by Gasteiger charge is 2.11. The van der Waals surface area contributed by atoms with Gasteiger partial charge in [0.1, 0.15) is 10.8 Å². The number of hydrogen-bond acceptors (Lipinski definition) is 3. The Kier molecular flexibility index (Phi) is 3.36. The summed E-state index contributed by atoms with van der Waals surface area (Å²) in [5.41, 5.74) is 0. The van der Waals surface area contributed by atoms with E-state index in [1.54, 1.807) is 12.1 Å². The monoisotopic (exact) mass is 302 g/mol. The van der Waals surface area contributed by atoms with Crippen LogP contribution in [0, 0.1) is 5.82 Å². The number of rotatable bonds is 2. The number of aromatic nitrogens is 2. The third-order valence-corrected chi connectivity index (χ3v) is 2.99. The maximum absolute atomic E-state index is 13.3. The van der Waals surface area contributed by atoms with E-state index in [-0.39, 0.29) is 16.8 Å². The van der Waals surface area contributed by atoms with Gasteiger partial charge in [-0.2, -0.15) is 0 Å². The van der Waals surface area contributed by atoms with Crippen molar-refractivity contribution in [3.05, 3.63) is 46.0 Å². The number of nitrogens with zero attached hydrogens (tertiary/aromatic N) is 2. The minimum Gasteiger partial charge on any atom is -0.435 e.